The summed E-state index contributed by atoms with van der Waals surface area (Å²) >= 11 is 0. The lowest BCUT2D eigenvalue weighted by molar-refractivity contribution is -0.386. The van der Waals surface area contributed by atoms with Crippen molar-refractivity contribution in [3.63, 3.8) is 0 Å². The smallest absolute Gasteiger partial charge is 0.312 e. The molecule has 1 atom stereocenters. The predicted molar refractivity (Wildman–Crippen MR) is 112 cm³/mol. The van der Waals surface area contributed by atoms with E-state index in [-0.39, 0.29) is 31.0 Å². The second-order valence-corrected chi connectivity index (χ2v) is 7.40. The third kappa shape index (κ3) is 3.94. The molecule has 0 spiro atoms. The molecule has 0 bridgehead atoms. The minimum atomic E-state index is -0.431. The monoisotopic (exact) mass is 422 g/mol. The molecule has 160 valence electrons. The summed E-state index contributed by atoms with van der Waals surface area (Å²) in [7, 11) is 0. The Kier molecular flexibility index (Phi) is 5.33. The second kappa shape index (κ2) is 8.10. The molecule has 31 heavy (non-hydrogen) atoms. The highest BCUT2D eigenvalue weighted by Gasteiger charge is 2.23. The van der Waals surface area contributed by atoms with Crippen molar-refractivity contribution < 1.29 is 19.2 Å². The van der Waals surface area contributed by atoms with Crippen LogP contribution in [0.25, 0.3) is 0 Å². The second-order valence-electron chi connectivity index (χ2n) is 7.40. The van der Waals surface area contributed by atoms with Crippen LogP contribution in [0.1, 0.15) is 45.8 Å². The van der Waals surface area contributed by atoms with E-state index in [9.17, 15) is 14.9 Å². The van der Waals surface area contributed by atoms with Crippen molar-refractivity contribution >= 4 is 11.6 Å². The van der Waals surface area contributed by atoms with Crippen molar-refractivity contribution in [1.82, 2.24) is 15.1 Å². The number of benzene rings is 2. The molecule has 2 heterocycles. The number of aryl methyl sites for hydroxylation is 1. The summed E-state index contributed by atoms with van der Waals surface area (Å²) in [6.07, 6.45) is 0. The fraction of sp³-hybridized carbons (Fsp3) is 0.273. The van der Waals surface area contributed by atoms with Gasteiger partial charge in [0, 0.05) is 5.56 Å². The maximum absolute atomic E-state index is 13.0. The third-order valence-corrected chi connectivity index (χ3v) is 5.35. The first-order valence-electron chi connectivity index (χ1n) is 9.82. The summed E-state index contributed by atoms with van der Waals surface area (Å²) in [5, 5.41) is 18.6. The van der Waals surface area contributed by atoms with E-state index in [0.29, 0.717) is 28.5 Å². The lowest BCUT2D eigenvalue weighted by Gasteiger charge is -2.17. The van der Waals surface area contributed by atoms with Crippen molar-refractivity contribution in [2.75, 3.05) is 6.79 Å². The Labute approximate surface area is 178 Å². The van der Waals surface area contributed by atoms with Crippen LogP contribution in [-0.4, -0.2) is 27.4 Å². The van der Waals surface area contributed by atoms with Crippen LogP contribution in [0.15, 0.2) is 42.5 Å². The molecule has 0 radical (unpaired) electrons. The van der Waals surface area contributed by atoms with Gasteiger partial charge < -0.3 is 14.8 Å². The summed E-state index contributed by atoms with van der Waals surface area (Å²) in [4.78, 5) is 23.9. The van der Waals surface area contributed by atoms with Gasteiger partial charge in [0.2, 0.25) is 6.79 Å². The standard InChI is InChI=1S/C22H22N4O5/c1-13(16-8-9-19-20(10-16)31-12-30-19)23-22(27)18-7-5-4-6-17(18)11-25-15(3)21(26(28)29)14(2)24-25/h4-10,13H,11-12H2,1-3H3,(H,23,27)/t13-/m0/s1. The maximum Gasteiger partial charge on any atom is 0.312 e. The molecule has 2 aromatic carbocycles. The fourth-order valence-electron chi connectivity index (χ4n) is 3.69. The minimum absolute atomic E-state index is 0.00152. The average Bonchev–Trinajstić information content (AvgIpc) is 3.31. The molecule has 0 fully saturated rings. The first kappa shape index (κ1) is 20.4. The quantitative estimate of drug-likeness (QED) is 0.480. The molecule has 3 aromatic rings. The summed E-state index contributed by atoms with van der Waals surface area (Å²) in [6, 6.07) is 12.5. The van der Waals surface area contributed by atoms with Crippen LogP contribution in [0.5, 0.6) is 11.5 Å². The molecule has 1 N–H and O–H groups in total. The first-order chi connectivity index (χ1) is 14.8. The van der Waals surface area contributed by atoms with Crippen LogP contribution in [0, 0.1) is 24.0 Å². The van der Waals surface area contributed by atoms with Gasteiger partial charge in [0.25, 0.3) is 5.91 Å². The molecule has 9 nitrogen and oxygen atoms in total. The Morgan fingerprint density at radius 3 is 2.71 bits per heavy atom. The Morgan fingerprint density at radius 1 is 1.23 bits per heavy atom. The number of aromatic nitrogens is 2. The van der Waals surface area contributed by atoms with E-state index in [2.05, 4.69) is 10.4 Å². The van der Waals surface area contributed by atoms with E-state index in [1.165, 1.54) is 0 Å². The van der Waals surface area contributed by atoms with Gasteiger partial charge in [-0.2, -0.15) is 5.10 Å². The minimum Gasteiger partial charge on any atom is -0.454 e. The maximum atomic E-state index is 13.0. The molecule has 0 saturated heterocycles. The van der Waals surface area contributed by atoms with E-state index >= 15 is 0 Å². The summed E-state index contributed by atoms with van der Waals surface area (Å²) < 4.78 is 12.3. The normalized spacial score (nSPS) is 13.1. The van der Waals surface area contributed by atoms with Gasteiger partial charge in [-0.3, -0.25) is 19.6 Å². The summed E-state index contributed by atoms with van der Waals surface area (Å²) in [6.45, 7) is 5.60. The lowest BCUT2D eigenvalue weighted by Crippen LogP contribution is -2.28. The lowest BCUT2D eigenvalue weighted by atomic mass is 10.0. The Hall–Kier alpha value is -3.88. The molecule has 0 saturated carbocycles. The highest BCUT2D eigenvalue weighted by molar-refractivity contribution is 5.96. The molecule has 1 aliphatic rings. The van der Waals surface area contributed by atoms with Gasteiger partial charge >= 0.3 is 5.69 Å². The Morgan fingerprint density at radius 2 is 1.97 bits per heavy atom. The molecule has 1 aliphatic heterocycles. The fourth-order valence-corrected chi connectivity index (χ4v) is 3.69. The molecule has 1 amide bonds. The molecule has 0 aliphatic carbocycles. The number of rotatable bonds is 6. The van der Waals surface area contributed by atoms with Gasteiger partial charge in [0.05, 0.1) is 17.5 Å². The molecule has 1 aromatic heterocycles. The van der Waals surface area contributed by atoms with Crippen LogP contribution in [-0.2, 0) is 6.54 Å². The van der Waals surface area contributed by atoms with Gasteiger partial charge in [-0.05, 0) is 50.1 Å². The zero-order valence-electron chi connectivity index (χ0n) is 17.4. The number of carbonyl (C=O) groups is 1. The van der Waals surface area contributed by atoms with E-state index < -0.39 is 4.92 Å². The SMILES string of the molecule is Cc1nn(Cc2ccccc2C(=O)N[C@@H](C)c2ccc3c(c2)OCO3)c(C)c1[N+](=O)[O-]. The number of hydrogen-bond acceptors (Lipinski definition) is 6. The van der Waals surface area contributed by atoms with Crippen LogP contribution in [0.4, 0.5) is 5.69 Å². The van der Waals surface area contributed by atoms with Crippen LogP contribution in [0.2, 0.25) is 0 Å². The van der Waals surface area contributed by atoms with Gasteiger partial charge in [-0.1, -0.05) is 24.3 Å². The highest BCUT2D eigenvalue weighted by Crippen LogP contribution is 2.34. The van der Waals surface area contributed by atoms with E-state index in [4.69, 9.17) is 9.47 Å². The molecule has 9 heteroatoms. The Bertz CT molecular complexity index is 1170. The van der Waals surface area contributed by atoms with E-state index in [0.717, 1.165) is 11.1 Å². The number of hydrogen-bond donors (Lipinski definition) is 1. The summed E-state index contributed by atoms with van der Waals surface area (Å²) in [5.41, 5.74) is 2.90. The van der Waals surface area contributed by atoms with Crippen molar-refractivity contribution in [2.45, 2.75) is 33.4 Å². The van der Waals surface area contributed by atoms with Gasteiger partial charge in [-0.15, -0.1) is 0 Å². The molecule has 0 unspecified atom stereocenters. The number of nitrogens with one attached hydrogen (secondary N) is 1. The Balaban J connectivity index is 1.55. The van der Waals surface area contributed by atoms with Crippen LogP contribution in [0.3, 0.4) is 0 Å². The van der Waals surface area contributed by atoms with Crippen molar-refractivity contribution in [1.29, 1.82) is 0 Å². The molecule has 4 rings (SSSR count). The highest BCUT2D eigenvalue weighted by atomic mass is 16.7. The number of ether oxygens (including phenoxy) is 2. The number of carbonyl (C=O) groups excluding carboxylic acids is 1. The predicted octanol–water partition coefficient (Wildman–Crippen LogP) is 3.68. The van der Waals surface area contributed by atoms with Gasteiger partial charge in [-0.25, -0.2) is 0 Å². The van der Waals surface area contributed by atoms with Crippen molar-refractivity contribution in [3.05, 3.63) is 80.7 Å². The van der Waals surface area contributed by atoms with Crippen molar-refractivity contribution in [2.24, 2.45) is 0 Å². The number of fused-ring (bicyclic) bond motifs is 1. The first-order valence-corrected chi connectivity index (χ1v) is 9.82. The van der Waals surface area contributed by atoms with E-state index in [1.807, 2.05) is 37.3 Å². The molecular formula is C22H22N4O5. The largest absolute Gasteiger partial charge is 0.454 e. The summed E-state index contributed by atoms with van der Waals surface area (Å²) in [5.74, 6) is 1.11. The molecular weight excluding hydrogens is 400 g/mol. The zero-order valence-corrected chi connectivity index (χ0v) is 17.4. The number of nitro groups is 1. The van der Waals surface area contributed by atoms with Gasteiger partial charge in [0.15, 0.2) is 11.5 Å². The number of nitrogens with zero attached hydrogens (tertiary/aromatic N) is 3. The van der Waals surface area contributed by atoms with E-state index in [1.54, 1.807) is 30.7 Å². The van der Waals surface area contributed by atoms with Crippen molar-refractivity contribution in [3.8, 4) is 11.5 Å². The topological polar surface area (TPSA) is 109 Å². The van der Waals surface area contributed by atoms with Crippen LogP contribution >= 0.6 is 0 Å². The average molecular weight is 422 g/mol. The van der Waals surface area contributed by atoms with Gasteiger partial charge in [0.1, 0.15) is 11.4 Å². The third-order valence-electron chi connectivity index (χ3n) is 5.35. The zero-order chi connectivity index (χ0) is 22.1. The van der Waals surface area contributed by atoms with Crippen LogP contribution < -0.4 is 14.8 Å². The number of amides is 1.